The van der Waals surface area contributed by atoms with Crippen LogP contribution >= 0.6 is 11.3 Å². The van der Waals surface area contributed by atoms with Gasteiger partial charge >= 0.3 is 0 Å². The number of hydrogen-bond acceptors (Lipinski definition) is 2. The molecule has 0 radical (unpaired) electrons. The first kappa shape index (κ1) is 9.37. The van der Waals surface area contributed by atoms with Crippen LogP contribution in [0.15, 0.2) is 12.1 Å². The Kier molecular flexibility index (Phi) is 4.85. The van der Waals surface area contributed by atoms with Crippen molar-refractivity contribution in [1.82, 2.24) is 4.98 Å². The van der Waals surface area contributed by atoms with E-state index in [-0.39, 0.29) is 0 Å². The SMILES string of the molecule is C=Cc1ncsc1C.CC. The first-order valence-corrected chi connectivity index (χ1v) is 4.25. The van der Waals surface area contributed by atoms with Crippen LogP contribution in [0.2, 0.25) is 0 Å². The highest BCUT2D eigenvalue weighted by atomic mass is 32.1. The van der Waals surface area contributed by atoms with Gasteiger partial charge in [0.25, 0.3) is 0 Å². The van der Waals surface area contributed by atoms with Gasteiger partial charge in [-0.25, -0.2) is 4.98 Å². The Balaban J connectivity index is 0.000000371. The first-order valence-electron chi connectivity index (χ1n) is 3.37. The zero-order valence-electron chi connectivity index (χ0n) is 6.72. The number of nitrogens with zero attached hydrogens (tertiary/aromatic N) is 1. The van der Waals surface area contributed by atoms with Crippen LogP contribution in [0.25, 0.3) is 6.08 Å². The maximum atomic E-state index is 4.03. The molecule has 0 unspecified atom stereocenters. The monoisotopic (exact) mass is 155 g/mol. The van der Waals surface area contributed by atoms with Crippen molar-refractivity contribution in [2.75, 3.05) is 0 Å². The summed E-state index contributed by atoms with van der Waals surface area (Å²) in [6.45, 7) is 9.64. The normalized spacial score (nSPS) is 7.90. The van der Waals surface area contributed by atoms with Crippen LogP contribution in [-0.2, 0) is 0 Å². The minimum Gasteiger partial charge on any atom is -0.245 e. The minimum atomic E-state index is 1.01. The molecular weight excluding hydrogens is 142 g/mol. The van der Waals surface area contributed by atoms with Gasteiger partial charge in [-0.1, -0.05) is 20.4 Å². The Hall–Kier alpha value is -0.630. The van der Waals surface area contributed by atoms with E-state index in [9.17, 15) is 0 Å². The van der Waals surface area contributed by atoms with E-state index in [1.165, 1.54) is 4.88 Å². The Morgan fingerprint density at radius 1 is 1.60 bits per heavy atom. The molecule has 1 nitrogen and oxygen atoms in total. The molecule has 0 saturated heterocycles. The lowest BCUT2D eigenvalue weighted by molar-refractivity contribution is 1.35. The summed E-state index contributed by atoms with van der Waals surface area (Å²) in [5.74, 6) is 0. The quantitative estimate of drug-likeness (QED) is 0.607. The largest absolute Gasteiger partial charge is 0.245 e. The Labute approximate surface area is 66.4 Å². The lowest BCUT2D eigenvalue weighted by Gasteiger charge is -1.80. The molecule has 0 aromatic carbocycles. The Morgan fingerprint density at radius 3 is 2.40 bits per heavy atom. The summed E-state index contributed by atoms with van der Waals surface area (Å²) >= 11 is 1.65. The lowest BCUT2D eigenvalue weighted by Crippen LogP contribution is -1.69. The Bertz CT molecular complexity index is 191. The molecule has 0 amide bonds. The highest BCUT2D eigenvalue weighted by Gasteiger charge is 1.91. The van der Waals surface area contributed by atoms with Crippen molar-refractivity contribution in [1.29, 1.82) is 0 Å². The molecule has 0 atom stereocenters. The molecule has 1 rings (SSSR count). The molecule has 56 valence electrons. The summed E-state index contributed by atoms with van der Waals surface area (Å²) in [4.78, 5) is 5.27. The van der Waals surface area contributed by atoms with Gasteiger partial charge in [-0.05, 0) is 13.0 Å². The van der Waals surface area contributed by atoms with Crippen LogP contribution in [0.1, 0.15) is 24.4 Å². The molecule has 0 saturated carbocycles. The Morgan fingerprint density at radius 2 is 2.20 bits per heavy atom. The fraction of sp³-hybridized carbons (Fsp3) is 0.375. The predicted octanol–water partition coefficient (Wildman–Crippen LogP) is 3.12. The van der Waals surface area contributed by atoms with E-state index in [0.29, 0.717) is 0 Å². The van der Waals surface area contributed by atoms with E-state index in [4.69, 9.17) is 0 Å². The van der Waals surface area contributed by atoms with Crippen molar-refractivity contribution >= 4 is 17.4 Å². The second kappa shape index (κ2) is 5.18. The maximum Gasteiger partial charge on any atom is 0.0801 e. The fourth-order valence-corrected chi connectivity index (χ4v) is 1.09. The van der Waals surface area contributed by atoms with E-state index in [1.54, 1.807) is 17.4 Å². The molecular formula is C8H13NS. The van der Waals surface area contributed by atoms with Crippen LogP contribution in [-0.4, -0.2) is 4.98 Å². The summed E-state index contributed by atoms with van der Waals surface area (Å²) in [5, 5.41) is 0. The summed E-state index contributed by atoms with van der Waals surface area (Å²) < 4.78 is 0. The number of hydrogen-bond donors (Lipinski definition) is 0. The van der Waals surface area contributed by atoms with Crippen molar-refractivity contribution in [3.05, 3.63) is 22.7 Å². The lowest BCUT2D eigenvalue weighted by atomic mass is 10.4. The zero-order valence-corrected chi connectivity index (χ0v) is 7.53. The molecule has 0 bridgehead atoms. The standard InChI is InChI=1S/C6H7NS.C2H6/c1-3-6-5(2)8-4-7-6;1-2/h3-4H,1H2,2H3;1-2H3. The van der Waals surface area contributed by atoms with Gasteiger partial charge in [0, 0.05) is 4.88 Å². The average molecular weight is 155 g/mol. The van der Waals surface area contributed by atoms with Crippen LogP contribution in [0, 0.1) is 6.92 Å². The highest BCUT2D eigenvalue weighted by molar-refractivity contribution is 7.09. The maximum absolute atomic E-state index is 4.03. The molecule has 0 spiro atoms. The van der Waals surface area contributed by atoms with Crippen molar-refractivity contribution in [3.8, 4) is 0 Å². The molecule has 1 heterocycles. The third-order valence-corrected chi connectivity index (χ3v) is 1.75. The number of aromatic nitrogens is 1. The van der Waals surface area contributed by atoms with Gasteiger partial charge in [-0.15, -0.1) is 11.3 Å². The summed E-state index contributed by atoms with van der Waals surface area (Å²) in [7, 11) is 0. The molecule has 0 aliphatic carbocycles. The molecule has 0 N–H and O–H groups in total. The van der Waals surface area contributed by atoms with Gasteiger partial charge in [0.15, 0.2) is 0 Å². The third kappa shape index (κ3) is 2.31. The highest BCUT2D eigenvalue weighted by Crippen LogP contribution is 2.10. The summed E-state index contributed by atoms with van der Waals surface area (Å²) in [5.41, 5.74) is 2.84. The molecule has 0 aliphatic heterocycles. The topological polar surface area (TPSA) is 12.9 Å². The predicted molar refractivity (Wildman–Crippen MR) is 48.3 cm³/mol. The van der Waals surface area contributed by atoms with Crippen LogP contribution in [0.5, 0.6) is 0 Å². The molecule has 2 heteroatoms. The summed E-state index contributed by atoms with van der Waals surface area (Å²) in [6, 6.07) is 0. The van der Waals surface area contributed by atoms with Crippen molar-refractivity contribution in [2.24, 2.45) is 0 Å². The number of aryl methyl sites for hydroxylation is 1. The number of thiazole rings is 1. The van der Waals surface area contributed by atoms with Crippen molar-refractivity contribution < 1.29 is 0 Å². The number of rotatable bonds is 1. The van der Waals surface area contributed by atoms with E-state index in [2.05, 4.69) is 11.6 Å². The van der Waals surface area contributed by atoms with Crippen LogP contribution < -0.4 is 0 Å². The zero-order chi connectivity index (χ0) is 7.98. The molecule has 10 heavy (non-hydrogen) atoms. The molecule has 0 fully saturated rings. The van der Waals surface area contributed by atoms with Gasteiger partial charge in [0.1, 0.15) is 0 Å². The molecule has 1 aromatic rings. The second-order valence-electron chi connectivity index (χ2n) is 1.50. The minimum absolute atomic E-state index is 1.01. The van der Waals surface area contributed by atoms with E-state index >= 15 is 0 Å². The van der Waals surface area contributed by atoms with E-state index in [0.717, 1.165) is 5.69 Å². The second-order valence-corrected chi connectivity index (χ2v) is 2.56. The van der Waals surface area contributed by atoms with Gasteiger partial charge in [0.05, 0.1) is 11.2 Å². The smallest absolute Gasteiger partial charge is 0.0801 e. The summed E-state index contributed by atoms with van der Waals surface area (Å²) in [6.07, 6.45) is 1.77. The van der Waals surface area contributed by atoms with Crippen molar-refractivity contribution in [3.63, 3.8) is 0 Å². The fourth-order valence-electron chi connectivity index (χ4n) is 0.510. The van der Waals surface area contributed by atoms with Crippen LogP contribution in [0.3, 0.4) is 0 Å². The third-order valence-electron chi connectivity index (χ3n) is 0.975. The van der Waals surface area contributed by atoms with E-state index in [1.807, 2.05) is 26.3 Å². The van der Waals surface area contributed by atoms with Gasteiger partial charge in [-0.2, -0.15) is 0 Å². The average Bonchev–Trinajstić information content (AvgIpc) is 2.39. The van der Waals surface area contributed by atoms with E-state index < -0.39 is 0 Å². The van der Waals surface area contributed by atoms with Crippen molar-refractivity contribution in [2.45, 2.75) is 20.8 Å². The van der Waals surface area contributed by atoms with Gasteiger partial charge < -0.3 is 0 Å². The van der Waals surface area contributed by atoms with Crippen LogP contribution in [0.4, 0.5) is 0 Å². The van der Waals surface area contributed by atoms with Gasteiger partial charge in [-0.3, -0.25) is 0 Å². The molecule has 0 aliphatic rings. The van der Waals surface area contributed by atoms with Gasteiger partial charge in [0.2, 0.25) is 0 Å². The first-order chi connectivity index (χ1) is 4.84. The molecule has 1 aromatic heterocycles.